The molecule has 2 amide bonds. The van der Waals surface area contributed by atoms with Crippen molar-refractivity contribution in [3.63, 3.8) is 0 Å². The van der Waals surface area contributed by atoms with Gasteiger partial charge in [0, 0.05) is 32.2 Å². The largest absolute Gasteiger partial charge is 0.444 e. The van der Waals surface area contributed by atoms with Gasteiger partial charge in [0.15, 0.2) is 0 Å². The van der Waals surface area contributed by atoms with Crippen LogP contribution >= 0.6 is 0 Å². The maximum absolute atomic E-state index is 12.6. The number of hydrogen-bond acceptors (Lipinski definition) is 6. The van der Waals surface area contributed by atoms with Crippen molar-refractivity contribution in [1.29, 1.82) is 0 Å². The number of ether oxygens (including phenoxy) is 2. The van der Waals surface area contributed by atoms with Gasteiger partial charge in [-0.25, -0.2) is 4.79 Å². The number of likely N-dealkylation sites (tertiary alicyclic amines) is 1. The van der Waals surface area contributed by atoms with Crippen LogP contribution in [-0.4, -0.2) is 77.3 Å². The number of nitrogens with one attached hydrogen (secondary N) is 1. The normalized spacial score (nSPS) is 29.0. The monoisotopic (exact) mass is 358 g/mol. The van der Waals surface area contributed by atoms with Crippen molar-refractivity contribution in [3.05, 3.63) is 0 Å². The third-order valence-electron chi connectivity index (χ3n) is 4.41. The second-order valence-electron chi connectivity index (χ2n) is 7.84. The number of carbonyl (C=O) groups is 2. The van der Waals surface area contributed by atoms with Gasteiger partial charge in [-0.2, -0.15) is 0 Å². The lowest BCUT2D eigenvalue weighted by molar-refractivity contribution is -0.140. The van der Waals surface area contributed by atoms with Crippen molar-refractivity contribution in [1.82, 2.24) is 10.2 Å². The molecule has 144 valence electrons. The third-order valence-corrected chi connectivity index (χ3v) is 4.41. The Bertz CT molecular complexity index is 472. The van der Waals surface area contributed by atoms with Gasteiger partial charge in [-0.05, 0) is 40.0 Å². The highest BCUT2D eigenvalue weighted by Gasteiger charge is 2.36. The summed E-state index contributed by atoms with van der Waals surface area (Å²) in [5.74, 6) is -0.206. The molecule has 0 unspecified atom stereocenters. The van der Waals surface area contributed by atoms with Gasteiger partial charge < -0.3 is 29.9 Å². The van der Waals surface area contributed by atoms with Gasteiger partial charge in [0.2, 0.25) is 5.91 Å². The van der Waals surface area contributed by atoms with Crippen LogP contribution in [0.3, 0.4) is 0 Å². The molecule has 0 aromatic rings. The van der Waals surface area contributed by atoms with Crippen LogP contribution in [0.2, 0.25) is 0 Å². The molecule has 2 aliphatic heterocycles. The molecule has 0 radical (unpaired) electrons. The Morgan fingerprint density at radius 3 is 2.40 bits per heavy atom. The standard InChI is InChI=1S/C17H30N2O6/c1-17(2,3)25-16(23)18-13-8-12(20)9-19(10-14(13)21)15(22)11-4-6-24-7-5-11/h11-14,20-21H,4-10H2,1-3H3,(H,18,23)/t12-,13-,14-/m1/s1. The fourth-order valence-electron chi connectivity index (χ4n) is 3.20. The van der Waals surface area contributed by atoms with Crippen LogP contribution in [0.15, 0.2) is 0 Å². The van der Waals surface area contributed by atoms with Gasteiger partial charge in [-0.1, -0.05) is 0 Å². The Balaban J connectivity index is 1.96. The summed E-state index contributed by atoms with van der Waals surface area (Å²) < 4.78 is 10.5. The van der Waals surface area contributed by atoms with Crippen molar-refractivity contribution < 1.29 is 29.3 Å². The number of hydrogen-bond donors (Lipinski definition) is 3. The van der Waals surface area contributed by atoms with Gasteiger partial charge in [-0.15, -0.1) is 0 Å². The number of β-amino-alcohol motifs (C(OH)–C–C–N with tert-alkyl or cyclic N) is 2. The van der Waals surface area contributed by atoms with E-state index in [0.29, 0.717) is 26.1 Å². The summed E-state index contributed by atoms with van der Waals surface area (Å²) in [6.07, 6.45) is -0.956. The number of nitrogens with zero attached hydrogens (tertiary/aromatic N) is 1. The summed E-state index contributed by atoms with van der Waals surface area (Å²) in [5.41, 5.74) is -0.649. The number of aliphatic hydroxyl groups is 2. The summed E-state index contributed by atoms with van der Waals surface area (Å²) in [5, 5.41) is 23.3. The number of amides is 2. The van der Waals surface area contributed by atoms with E-state index in [1.165, 1.54) is 4.90 Å². The molecule has 0 aromatic carbocycles. The van der Waals surface area contributed by atoms with E-state index in [0.717, 1.165) is 0 Å². The van der Waals surface area contributed by atoms with Gasteiger partial charge in [-0.3, -0.25) is 4.79 Å². The zero-order valence-corrected chi connectivity index (χ0v) is 15.2. The van der Waals surface area contributed by atoms with Crippen LogP contribution in [0.4, 0.5) is 4.79 Å². The second-order valence-corrected chi connectivity index (χ2v) is 7.84. The average Bonchev–Trinajstić information content (AvgIpc) is 2.64. The van der Waals surface area contributed by atoms with E-state index in [2.05, 4.69) is 5.32 Å². The maximum atomic E-state index is 12.6. The molecule has 8 nitrogen and oxygen atoms in total. The van der Waals surface area contributed by atoms with Gasteiger partial charge in [0.1, 0.15) is 5.60 Å². The van der Waals surface area contributed by atoms with Gasteiger partial charge in [0.05, 0.1) is 18.2 Å². The first kappa shape index (κ1) is 19.9. The van der Waals surface area contributed by atoms with E-state index in [-0.39, 0.29) is 31.3 Å². The van der Waals surface area contributed by atoms with Crippen molar-refractivity contribution in [3.8, 4) is 0 Å². The lowest BCUT2D eigenvalue weighted by Gasteiger charge is -2.30. The summed E-state index contributed by atoms with van der Waals surface area (Å²) in [6.45, 7) is 6.58. The van der Waals surface area contributed by atoms with E-state index in [1.807, 2.05) is 0 Å². The molecular formula is C17H30N2O6. The van der Waals surface area contributed by atoms with Crippen molar-refractivity contribution >= 4 is 12.0 Å². The molecule has 3 atom stereocenters. The number of aliphatic hydroxyl groups excluding tert-OH is 2. The SMILES string of the molecule is CC(C)(C)OC(=O)N[C@@H]1C[C@@H](O)CN(C(=O)C2CCOCC2)C[C@H]1O. The molecule has 2 heterocycles. The highest BCUT2D eigenvalue weighted by atomic mass is 16.6. The van der Waals surface area contributed by atoms with E-state index < -0.39 is 29.9 Å². The van der Waals surface area contributed by atoms with Crippen molar-refractivity contribution in [2.45, 2.75) is 63.9 Å². The first-order valence-electron chi connectivity index (χ1n) is 8.88. The minimum atomic E-state index is -0.964. The molecule has 2 rings (SSSR count). The highest BCUT2D eigenvalue weighted by Crippen LogP contribution is 2.21. The second kappa shape index (κ2) is 8.33. The number of rotatable bonds is 2. The summed E-state index contributed by atoms with van der Waals surface area (Å²) in [4.78, 5) is 26.1. The molecule has 2 saturated heterocycles. The quantitative estimate of drug-likeness (QED) is 0.653. The third kappa shape index (κ3) is 6.13. The Morgan fingerprint density at radius 1 is 1.16 bits per heavy atom. The minimum absolute atomic E-state index is 0.0701. The zero-order valence-electron chi connectivity index (χ0n) is 15.2. The molecule has 25 heavy (non-hydrogen) atoms. The average molecular weight is 358 g/mol. The van der Waals surface area contributed by atoms with E-state index in [1.54, 1.807) is 20.8 Å². The Hall–Kier alpha value is -1.38. The van der Waals surface area contributed by atoms with Gasteiger partial charge >= 0.3 is 6.09 Å². The zero-order chi connectivity index (χ0) is 18.6. The molecule has 0 aliphatic carbocycles. The molecule has 0 saturated carbocycles. The summed E-state index contributed by atoms with van der Waals surface area (Å²) in [6, 6.07) is -0.669. The van der Waals surface area contributed by atoms with E-state index >= 15 is 0 Å². The van der Waals surface area contributed by atoms with Crippen LogP contribution in [0.1, 0.15) is 40.0 Å². The van der Waals surface area contributed by atoms with Gasteiger partial charge in [0.25, 0.3) is 0 Å². The highest BCUT2D eigenvalue weighted by molar-refractivity contribution is 5.79. The Morgan fingerprint density at radius 2 is 1.80 bits per heavy atom. The van der Waals surface area contributed by atoms with Crippen LogP contribution in [0.5, 0.6) is 0 Å². The molecule has 0 bridgehead atoms. The predicted octanol–water partition coefficient (Wildman–Crippen LogP) is 0.260. The molecule has 8 heteroatoms. The van der Waals surface area contributed by atoms with Crippen LogP contribution in [-0.2, 0) is 14.3 Å². The van der Waals surface area contributed by atoms with E-state index in [4.69, 9.17) is 9.47 Å². The maximum Gasteiger partial charge on any atom is 0.407 e. The predicted molar refractivity (Wildman–Crippen MR) is 89.9 cm³/mol. The molecule has 0 spiro atoms. The first-order chi connectivity index (χ1) is 11.7. The fourth-order valence-corrected chi connectivity index (χ4v) is 3.20. The molecular weight excluding hydrogens is 328 g/mol. The Kier molecular flexibility index (Phi) is 6.65. The van der Waals surface area contributed by atoms with Crippen LogP contribution in [0, 0.1) is 5.92 Å². The summed E-state index contributed by atoms with van der Waals surface area (Å²) >= 11 is 0. The van der Waals surface area contributed by atoms with Crippen LogP contribution < -0.4 is 5.32 Å². The number of carbonyl (C=O) groups excluding carboxylic acids is 2. The lowest BCUT2D eigenvalue weighted by Crippen LogP contribution is -2.49. The molecule has 2 fully saturated rings. The molecule has 0 aromatic heterocycles. The smallest absolute Gasteiger partial charge is 0.407 e. The molecule has 2 aliphatic rings. The Labute approximate surface area is 148 Å². The lowest BCUT2D eigenvalue weighted by atomic mass is 9.98. The van der Waals surface area contributed by atoms with Crippen molar-refractivity contribution in [2.24, 2.45) is 5.92 Å². The van der Waals surface area contributed by atoms with Crippen molar-refractivity contribution in [2.75, 3.05) is 26.3 Å². The first-order valence-corrected chi connectivity index (χ1v) is 8.88. The summed E-state index contributed by atoms with van der Waals surface area (Å²) in [7, 11) is 0. The number of alkyl carbamates (subject to hydrolysis) is 1. The minimum Gasteiger partial charge on any atom is -0.444 e. The van der Waals surface area contributed by atoms with Crippen LogP contribution in [0.25, 0.3) is 0 Å². The topological polar surface area (TPSA) is 108 Å². The fraction of sp³-hybridized carbons (Fsp3) is 0.882. The van der Waals surface area contributed by atoms with E-state index in [9.17, 15) is 19.8 Å². The molecule has 3 N–H and O–H groups in total.